The Morgan fingerprint density at radius 1 is 0.301 bits per heavy atom. The molecule has 0 aliphatic carbocycles. The highest BCUT2D eigenvalue weighted by molar-refractivity contribution is 5.83. The van der Waals surface area contributed by atoms with E-state index in [1.165, 1.54) is 0 Å². The van der Waals surface area contributed by atoms with Gasteiger partial charge in [0.25, 0.3) is 0 Å². The van der Waals surface area contributed by atoms with Crippen molar-refractivity contribution in [2.75, 3.05) is 225 Å². The van der Waals surface area contributed by atoms with Gasteiger partial charge in [0.1, 0.15) is 49.3 Å². The third-order valence-electron chi connectivity index (χ3n) is 14.8. The Bertz CT molecular complexity index is 1970. The molecule has 0 aromatic heterocycles. The van der Waals surface area contributed by atoms with Gasteiger partial charge >= 0.3 is 23.9 Å². The summed E-state index contributed by atoms with van der Waals surface area (Å²) in [6.07, 6.45) is 13.7. The predicted molar refractivity (Wildman–Crippen MR) is 379 cm³/mol. The lowest BCUT2D eigenvalue weighted by Gasteiger charge is -2.19. The molecule has 606 valence electrons. The lowest BCUT2D eigenvalue weighted by Crippen LogP contribution is -2.27. The van der Waals surface area contributed by atoms with Crippen molar-refractivity contribution >= 4 is 35.4 Å². The molecule has 4 atom stereocenters. The Balaban J connectivity index is 0. The van der Waals surface area contributed by atoms with Crippen LogP contribution in [0.25, 0.3) is 0 Å². The first-order chi connectivity index (χ1) is 50.2. The average molecular weight is 1490 g/mol. The molecule has 0 amide bonds. The molecule has 0 saturated heterocycles. The minimum Gasteiger partial charge on any atom is -0.465 e. The number of carbonyl (C=O) groups excluding carboxylic acids is 6. The van der Waals surface area contributed by atoms with Crippen molar-refractivity contribution in [3.63, 3.8) is 0 Å². The topological polar surface area (TPSA) is 368 Å². The first kappa shape index (κ1) is 101. The van der Waals surface area contributed by atoms with Gasteiger partial charge in [-0.15, -0.1) is 0 Å². The second kappa shape index (κ2) is 80.1. The lowest BCUT2D eigenvalue weighted by atomic mass is 9.92. The summed E-state index contributed by atoms with van der Waals surface area (Å²) < 4.78 is 97.5. The first-order valence-electron chi connectivity index (χ1n) is 37.2. The Morgan fingerprint density at radius 2 is 0.583 bits per heavy atom. The van der Waals surface area contributed by atoms with Gasteiger partial charge in [-0.3, -0.25) is 28.8 Å². The molecule has 0 radical (unpaired) electrons. The van der Waals surface area contributed by atoms with Crippen LogP contribution in [0, 0.1) is 23.7 Å². The zero-order valence-corrected chi connectivity index (χ0v) is 63.0. The fourth-order valence-corrected chi connectivity index (χ4v) is 9.05. The Labute approximate surface area is 613 Å². The molecule has 0 heterocycles. The number of rotatable bonds is 81. The molecule has 30 heteroatoms. The van der Waals surface area contributed by atoms with E-state index in [-0.39, 0.29) is 95.2 Å². The quantitative estimate of drug-likeness (QED) is 0.0111. The van der Waals surface area contributed by atoms with Crippen LogP contribution in [0.4, 0.5) is 0 Å². The van der Waals surface area contributed by atoms with E-state index in [9.17, 15) is 28.8 Å². The molecule has 0 aromatic rings. The van der Waals surface area contributed by atoms with E-state index in [1.54, 1.807) is 27.7 Å². The van der Waals surface area contributed by atoms with Crippen LogP contribution in [0.1, 0.15) is 163 Å². The molecule has 103 heavy (non-hydrogen) atoms. The summed E-state index contributed by atoms with van der Waals surface area (Å²) in [5, 5.41) is 34.2. The van der Waals surface area contributed by atoms with Gasteiger partial charge in [0, 0.05) is 118 Å². The van der Waals surface area contributed by atoms with E-state index >= 15 is 0 Å². The second-order valence-corrected chi connectivity index (χ2v) is 23.9. The van der Waals surface area contributed by atoms with Crippen LogP contribution in [0.3, 0.4) is 0 Å². The number of ketones is 2. The molecule has 0 aliphatic heterocycles. The maximum Gasteiger partial charge on any atom is 0.313 e. The molecule has 4 unspecified atom stereocenters. The van der Waals surface area contributed by atoms with Gasteiger partial charge in [0.2, 0.25) is 0 Å². The number of Topliss-reactive ketones (excluding diaryl/α,β-unsaturated/α-hetero) is 2. The van der Waals surface area contributed by atoms with Gasteiger partial charge in [-0.05, 0) is 64.2 Å². The highest BCUT2D eigenvalue weighted by Gasteiger charge is 2.28. The number of aliphatic hydroxyl groups is 2. The Kier molecular flexibility index (Phi) is 78.3. The summed E-state index contributed by atoms with van der Waals surface area (Å²) in [6, 6.07) is 0. The number of ether oxygens (including phenoxy) is 18. The van der Waals surface area contributed by atoms with Crippen molar-refractivity contribution < 1.29 is 145 Å². The van der Waals surface area contributed by atoms with E-state index < -0.39 is 41.6 Å². The predicted octanol–water partition coefficient (Wildman–Crippen LogP) is 8.24. The van der Waals surface area contributed by atoms with Crippen molar-refractivity contribution in [3.8, 4) is 0 Å². The number of hydrogen-bond donors (Lipinski definition) is 4. The van der Waals surface area contributed by atoms with E-state index in [2.05, 4.69) is 22.9 Å². The van der Waals surface area contributed by atoms with Crippen molar-refractivity contribution in [2.24, 2.45) is 23.7 Å². The number of unbranched alkanes of at least 4 members (excludes halogenated alkanes) is 6. The van der Waals surface area contributed by atoms with Crippen LogP contribution < -0.4 is 0 Å². The standard InChI is InChI=1S/C39H72O16.C34H62O14/c1-4-37(41)36(33-54-38(42)13-11-9-7-5-6-8-10-12-35(3)55-44)32-34(2)39(43)53-31-30-52-29-28-51-27-26-50-25-24-49-23-22-48-21-20-47-19-18-46-17-16-45-15-14-40;1-4-32(36)31(28-47-33(37)27-30(3)48-39)26-29(2)34(38)46-25-11-24-45-23-10-22-44-21-9-20-43-19-8-18-42-17-7-16-41-15-6-14-40-13-5-12-35/h34,36,40,44H,3-33H2,1-2H3;29,31,35,39H,3-28H2,1-2H3. The van der Waals surface area contributed by atoms with Gasteiger partial charge in [-0.25, -0.2) is 10.5 Å². The molecular formula is C73H134O30. The molecule has 30 nitrogen and oxygen atoms in total. The highest BCUT2D eigenvalue weighted by atomic mass is 17.1. The van der Waals surface area contributed by atoms with E-state index in [0.29, 0.717) is 216 Å². The zero-order chi connectivity index (χ0) is 76.0. The van der Waals surface area contributed by atoms with Crippen LogP contribution >= 0.6 is 0 Å². The molecule has 4 N–H and O–H groups in total. The van der Waals surface area contributed by atoms with Crippen LogP contribution in [-0.4, -0.2) is 281 Å². The monoisotopic (exact) mass is 1490 g/mol. The Hall–Kier alpha value is -4.42. The molecule has 0 aromatic carbocycles. The van der Waals surface area contributed by atoms with E-state index in [4.69, 9.17) is 106 Å². The molecule has 0 spiro atoms. The zero-order valence-electron chi connectivity index (χ0n) is 63.0. The van der Waals surface area contributed by atoms with Crippen LogP contribution in [-0.2, 0) is 124 Å². The third kappa shape index (κ3) is 72.9. The third-order valence-corrected chi connectivity index (χ3v) is 14.8. The fraction of sp³-hybridized carbons (Fsp3) is 0.863. The highest BCUT2D eigenvalue weighted by Crippen LogP contribution is 2.20. The van der Waals surface area contributed by atoms with Crippen LogP contribution in [0.5, 0.6) is 0 Å². The van der Waals surface area contributed by atoms with E-state index in [0.717, 1.165) is 77.0 Å². The van der Waals surface area contributed by atoms with E-state index in [1.807, 2.05) is 0 Å². The van der Waals surface area contributed by atoms with Gasteiger partial charge in [0.05, 0.1) is 143 Å². The smallest absolute Gasteiger partial charge is 0.313 e. The summed E-state index contributed by atoms with van der Waals surface area (Å²) in [6.45, 7) is 28.2. The SMILES string of the molecule is C=C(CC(=O)OCC(CC(C)C(=O)OCCCOCCCOCCCOCCCOCCCOCCCOCCCO)C(=O)CC)OO.C=C(CCCCCCCCCC(=O)OCC(CC(C)C(=O)OCCOCCOCCOCCOCCOCCOCCOCCOCCO)C(=O)CC)OO. The number of esters is 4. The molecule has 0 fully saturated rings. The number of hydrogen-bond acceptors (Lipinski definition) is 30. The minimum absolute atomic E-state index is 0.00984. The largest absolute Gasteiger partial charge is 0.465 e. The normalized spacial score (nSPS) is 12.4. The molecule has 0 aliphatic rings. The van der Waals surface area contributed by atoms with Gasteiger partial charge in [-0.1, -0.05) is 73.0 Å². The van der Waals surface area contributed by atoms with Gasteiger partial charge in [0.15, 0.2) is 0 Å². The van der Waals surface area contributed by atoms with Gasteiger partial charge < -0.3 is 105 Å². The number of allylic oxidation sites excluding steroid dienone is 1. The molecular weight excluding hydrogens is 1360 g/mol. The molecule has 0 saturated carbocycles. The van der Waals surface area contributed by atoms with Crippen molar-refractivity contribution in [1.82, 2.24) is 0 Å². The summed E-state index contributed by atoms with van der Waals surface area (Å²) in [4.78, 5) is 81.6. The van der Waals surface area contributed by atoms with Gasteiger partial charge in [-0.2, -0.15) is 0 Å². The second-order valence-electron chi connectivity index (χ2n) is 23.9. The number of aliphatic hydroxyl groups excluding tert-OH is 2. The minimum atomic E-state index is -0.692. The molecule has 0 rings (SSSR count). The molecule has 0 bridgehead atoms. The Morgan fingerprint density at radius 3 is 0.913 bits per heavy atom. The summed E-state index contributed by atoms with van der Waals surface area (Å²) in [5.41, 5.74) is 0. The van der Waals surface area contributed by atoms with Crippen LogP contribution in [0.2, 0.25) is 0 Å². The summed E-state index contributed by atoms with van der Waals surface area (Å²) in [7, 11) is 0. The maximum absolute atomic E-state index is 12.5. The summed E-state index contributed by atoms with van der Waals surface area (Å²) >= 11 is 0. The maximum atomic E-state index is 12.5. The van der Waals surface area contributed by atoms with Crippen molar-refractivity contribution in [2.45, 2.75) is 163 Å². The van der Waals surface area contributed by atoms with Crippen molar-refractivity contribution in [3.05, 3.63) is 24.7 Å². The van der Waals surface area contributed by atoms with Crippen LogP contribution in [0.15, 0.2) is 24.7 Å². The fourth-order valence-electron chi connectivity index (χ4n) is 9.05. The lowest BCUT2D eigenvalue weighted by molar-refractivity contribution is -0.206. The van der Waals surface area contributed by atoms with Crippen molar-refractivity contribution in [1.29, 1.82) is 0 Å². The first-order valence-corrected chi connectivity index (χ1v) is 37.2. The average Bonchev–Trinajstić information content (AvgIpc) is 0.934. The summed E-state index contributed by atoms with van der Waals surface area (Å²) in [5.74, 6) is -4.12. The number of carbonyl (C=O) groups is 6.